The van der Waals surface area contributed by atoms with E-state index in [4.69, 9.17) is 0 Å². The fourth-order valence-electron chi connectivity index (χ4n) is 3.38. The van der Waals surface area contributed by atoms with Crippen LogP contribution >= 0.6 is 0 Å². The Kier molecular flexibility index (Phi) is 3.45. The first-order valence-corrected chi connectivity index (χ1v) is 7.37. The summed E-state index contributed by atoms with van der Waals surface area (Å²) in [6.07, 6.45) is 4.41. The van der Waals surface area contributed by atoms with E-state index in [0.717, 1.165) is 43.0 Å². The van der Waals surface area contributed by atoms with Crippen LogP contribution in [0.5, 0.6) is 0 Å². The van der Waals surface area contributed by atoms with Crippen molar-refractivity contribution in [2.75, 3.05) is 11.9 Å². The zero-order valence-electron chi connectivity index (χ0n) is 11.5. The van der Waals surface area contributed by atoms with Crippen LogP contribution in [0.15, 0.2) is 24.3 Å². The van der Waals surface area contributed by atoms with Gasteiger partial charge in [0.25, 0.3) is 0 Å². The Labute approximate surface area is 114 Å². The summed E-state index contributed by atoms with van der Waals surface area (Å²) in [5, 5.41) is 6.62. The molecule has 1 amide bonds. The highest BCUT2D eigenvalue weighted by Gasteiger charge is 2.29. The van der Waals surface area contributed by atoms with E-state index in [1.54, 1.807) is 0 Å². The van der Waals surface area contributed by atoms with Crippen molar-refractivity contribution in [2.45, 2.75) is 44.6 Å². The lowest BCUT2D eigenvalue weighted by atomic mass is 9.90. The number of benzene rings is 1. The number of anilines is 1. The molecular formula is C16H22N2O. The minimum Gasteiger partial charge on any atom is -0.385 e. The number of fused-ring (bicyclic) bond motifs is 1. The van der Waals surface area contributed by atoms with Crippen molar-refractivity contribution in [1.29, 1.82) is 0 Å². The van der Waals surface area contributed by atoms with Gasteiger partial charge in [0.1, 0.15) is 0 Å². The molecule has 1 fully saturated rings. The Morgan fingerprint density at radius 3 is 2.89 bits per heavy atom. The first-order chi connectivity index (χ1) is 9.24. The summed E-state index contributed by atoms with van der Waals surface area (Å²) < 4.78 is 0. The van der Waals surface area contributed by atoms with Gasteiger partial charge >= 0.3 is 0 Å². The van der Waals surface area contributed by atoms with Crippen LogP contribution in [0.1, 0.15) is 44.1 Å². The lowest BCUT2D eigenvalue weighted by molar-refractivity contribution is -0.123. The second-order valence-electron chi connectivity index (χ2n) is 5.98. The van der Waals surface area contributed by atoms with Crippen molar-refractivity contribution < 1.29 is 4.79 Å². The molecule has 1 aliphatic carbocycles. The lowest BCUT2D eigenvalue weighted by Crippen LogP contribution is -2.38. The van der Waals surface area contributed by atoms with Gasteiger partial charge in [0.15, 0.2) is 0 Å². The zero-order valence-corrected chi connectivity index (χ0v) is 11.5. The second-order valence-corrected chi connectivity index (χ2v) is 5.98. The van der Waals surface area contributed by atoms with Crippen molar-refractivity contribution in [2.24, 2.45) is 5.92 Å². The molecule has 1 aromatic rings. The Morgan fingerprint density at radius 1 is 1.26 bits per heavy atom. The maximum absolute atomic E-state index is 12.5. The summed E-state index contributed by atoms with van der Waals surface area (Å²) in [6, 6.07) is 8.56. The van der Waals surface area contributed by atoms with E-state index >= 15 is 0 Å². The van der Waals surface area contributed by atoms with Gasteiger partial charge in [-0.15, -0.1) is 0 Å². The zero-order chi connectivity index (χ0) is 13.2. The maximum atomic E-state index is 12.5. The normalized spacial score (nSPS) is 29.4. The Balaban J connectivity index is 1.71. The Bertz CT molecular complexity index is 472. The van der Waals surface area contributed by atoms with E-state index in [1.165, 1.54) is 6.42 Å². The van der Waals surface area contributed by atoms with E-state index in [0.29, 0.717) is 6.04 Å². The quantitative estimate of drug-likeness (QED) is 0.856. The fraction of sp³-hybridized carbons (Fsp3) is 0.562. The molecule has 0 radical (unpaired) electrons. The molecule has 0 aromatic heterocycles. The monoisotopic (exact) mass is 258 g/mol. The molecule has 1 saturated carbocycles. The highest BCUT2D eigenvalue weighted by molar-refractivity contribution is 5.86. The SMILES string of the molecule is CC1CCC(NC(=O)C2CCNc3ccccc32)C1. The number of hydrogen-bond acceptors (Lipinski definition) is 2. The van der Waals surface area contributed by atoms with Crippen LogP contribution in [0, 0.1) is 5.92 Å². The molecule has 3 unspecified atom stereocenters. The largest absolute Gasteiger partial charge is 0.385 e. The molecule has 2 aliphatic rings. The number of carbonyl (C=O) groups is 1. The lowest BCUT2D eigenvalue weighted by Gasteiger charge is -2.27. The summed E-state index contributed by atoms with van der Waals surface area (Å²) in [5.74, 6) is 0.993. The third-order valence-corrected chi connectivity index (χ3v) is 4.44. The predicted molar refractivity (Wildman–Crippen MR) is 77.2 cm³/mol. The van der Waals surface area contributed by atoms with E-state index in [9.17, 15) is 4.79 Å². The van der Waals surface area contributed by atoms with Gasteiger partial charge in [-0.05, 0) is 43.2 Å². The molecule has 0 saturated heterocycles. The summed E-state index contributed by atoms with van der Waals surface area (Å²) in [4.78, 5) is 12.5. The first-order valence-electron chi connectivity index (χ1n) is 7.37. The summed E-state index contributed by atoms with van der Waals surface area (Å²) in [6.45, 7) is 3.15. The van der Waals surface area contributed by atoms with Crippen molar-refractivity contribution in [1.82, 2.24) is 5.32 Å². The predicted octanol–water partition coefficient (Wildman–Crippen LogP) is 2.89. The van der Waals surface area contributed by atoms with Gasteiger partial charge in [-0.3, -0.25) is 4.79 Å². The molecule has 19 heavy (non-hydrogen) atoms. The maximum Gasteiger partial charge on any atom is 0.227 e. The molecule has 3 heteroatoms. The molecule has 2 N–H and O–H groups in total. The molecule has 3 rings (SSSR count). The minimum atomic E-state index is 0.0216. The van der Waals surface area contributed by atoms with Gasteiger partial charge in [-0.25, -0.2) is 0 Å². The van der Waals surface area contributed by atoms with Crippen molar-refractivity contribution >= 4 is 11.6 Å². The van der Waals surface area contributed by atoms with Gasteiger partial charge in [-0.2, -0.15) is 0 Å². The third kappa shape index (κ3) is 2.60. The molecular weight excluding hydrogens is 236 g/mol. The molecule has 1 heterocycles. The highest BCUT2D eigenvalue weighted by atomic mass is 16.1. The van der Waals surface area contributed by atoms with Crippen LogP contribution in [-0.2, 0) is 4.79 Å². The van der Waals surface area contributed by atoms with E-state index < -0.39 is 0 Å². The average molecular weight is 258 g/mol. The van der Waals surface area contributed by atoms with Crippen molar-refractivity contribution in [3.05, 3.63) is 29.8 Å². The molecule has 1 aromatic carbocycles. The number of hydrogen-bond donors (Lipinski definition) is 2. The van der Waals surface area contributed by atoms with Crippen molar-refractivity contribution in [3.63, 3.8) is 0 Å². The van der Waals surface area contributed by atoms with Crippen LogP contribution in [0.4, 0.5) is 5.69 Å². The summed E-state index contributed by atoms with van der Waals surface area (Å²) in [5.41, 5.74) is 2.27. The summed E-state index contributed by atoms with van der Waals surface area (Å²) in [7, 11) is 0. The van der Waals surface area contributed by atoms with Gasteiger partial charge in [0.05, 0.1) is 5.92 Å². The number of para-hydroxylation sites is 1. The Morgan fingerprint density at radius 2 is 2.11 bits per heavy atom. The molecule has 102 valence electrons. The number of carbonyl (C=O) groups excluding carboxylic acids is 1. The number of rotatable bonds is 2. The van der Waals surface area contributed by atoms with E-state index in [-0.39, 0.29) is 11.8 Å². The number of nitrogens with one attached hydrogen (secondary N) is 2. The summed E-state index contributed by atoms with van der Waals surface area (Å²) >= 11 is 0. The van der Waals surface area contributed by atoms with Gasteiger partial charge in [0, 0.05) is 18.3 Å². The molecule has 0 bridgehead atoms. The molecule has 0 spiro atoms. The third-order valence-electron chi connectivity index (χ3n) is 4.44. The highest BCUT2D eigenvalue weighted by Crippen LogP contribution is 2.32. The van der Waals surface area contributed by atoms with E-state index in [1.807, 2.05) is 12.1 Å². The van der Waals surface area contributed by atoms with Crippen molar-refractivity contribution in [3.8, 4) is 0 Å². The van der Waals surface area contributed by atoms with Gasteiger partial charge in [0.2, 0.25) is 5.91 Å². The standard InChI is InChI=1S/C16H22N2O/c1-11-6-7-12(10-11)18-16(19)14-8-9-17-15-5-3-2-4-13(14)15/h2-5,11-12,14,17H,6-10H2,1H3,(H,18,19). The van der Waals surface area contributed by atoms with Gasteiger partial charge < -0.3 is 10.6 Å². The molecule has 1 aliphatic heterocycles. The average Bonchev–Trinajstić information content (AvgIpc) is 2.83. The Hall–Kier alpha value is -1.51. The molecule has 3 nitrogen and oxygen atoms in total. The fourth-order valence-corrected chi connectivity index (χ4v) is 3.38. The van der Waals surface area contributed by atoms with Gasteiger partial charge in [-0.1, -0.05) is 25.1 Å². The van der Waals surface area contributed by atoms with Crippen LogP contribution in [0.25, 0.3) is 0 Å². The minimum absolute atomic E-state index is 0.0216. The van der Waals surface area contributed by atoms with E-state index in [2.05, 4.69) is 29.7 Å². The second kappa shape index (κ2) is 5.24. The van der Waals surface area contributed by atoms with Crippen LogP contribution < -0.4 is 10.6 Å². The van der Waals surface area contributed by atoms with Crippen LogP contribution in [0.2, 0.25) is 0 Å². The number of amides is 1. The first kappa shape index (κ1) is 12.5. The van der Waals surface area contributed by atoms with Crippen LogP contribution in [-0.4, -0.2) is 18.5 Å². The smallest absolute Gasteiger partial charge is 0.227 e. The molecule has 3 atom stereocenters. The van der Waals surface area contributed by atoms with Crippen LogP contribution in [0.3, 0.4) is 0 Å². The topological polar surface area (TPSA) is 41.1 Å².